The molecule has 156 valence electrons. The number of ether oxygens (including phenoxy) is 1. The van der Waals surface area contributed by atoms with Crippen molar-refractivity contribution in [2.24, 2.45) is 0 Å². The Balaban J connectivity index is 1.73. The molecule has 8 heteroatoms. The minimum Gasteiger partial charge on any atom is -0.497 e. The van der Waals surface area contributed by atoms with Crippen LogP contribution in [-0.4, -0.2) is 62.5 Å². The zero-order chi connectivity index (χ0) is 21.1. The predicted octanol–water partition coefficient (Wildman–Crippen LogP) is 2.67. The highest BCUT2D eigenvalue weighted by molar-refractivity contribution is 5.95. The van der Waals surface area contributed by atoms with Gasteiger partial charge in [0.25, 0.3) is 11.9 Å². The standard InChI is InChI=1S/C22H25N5O3/c1-3-26(11-12-28)21(29)18-14-24-27(20(18)15-7-8-15)22-23-10-9-19(25-22)16-5-4-6-17(13-16)30-2/h4-6,9-10,13-15,28H,3,7-8,11-12H2,1-2H3. The van der Waals surface area contributed by atoms with Crippen LogP contribution in [0.3, 0.4) is 0 Å². The summed E-state index contributed by atoms with van der Waals surface area (Å²) in [6.45, 7) is 2.65. The van der Waals surface area contributed by atoms with Crippen molar-refractivity contribution in [2.45, 2.75) is 25.7 Å². The van der Waals surface area contributed by atoms with E-state index in [2.05, 4.69) is 10.1 Å². The second-order valence-corrected chi connectivity index (χ2v) is 7.21. The number of aromatic nitrogens is 4. The molecule has 1 saturated carbocycles. The van der Waals surface area contributed by atoms with Crippen molar-refractivity contribution < 1.29 is 14.6 Å². The van der Waals surface area contributed by atoms with E-state index in [0.717, 1.165) is 35.5 Å². The Kier molecular flexibility index (Phi) is 5.76. The van der Waals surface area contributed by atoms with Crippen molar-refractivity contribution in [3.63, 3.8) is 0 Å². The van der Waals surface area contributed by atoms with Crippen LogP contribution < -0.4 is 4.74 Å². The van der Waals surface area contributed by atoms with E-state index < -0.39 is 0 Å². The topological polar surface area (TPSA) is 93.4 Å². The lowest BCUT2D eigenvalue weighted by molar-refractivity contribution is 0.0730. The Hall–Kier alpha value is -3.26. The minimum atomic E-state index is -0.122. The first-order valence-electron chi connectivity index (χ1n) is 10.1. The maximum Gasteiger partial charge on any atom is 0.257 e. The van der Waals surface area contributed by atoms with Crippen molar-refractivity contribution in [2.75, 3.05) is 26.8 Å². The van der Waals surface area contributed by atoms with Crippen molar-refractivity contribution in [1.82, 2.24) is 24.6 Å². The van der Waals surface area contributed by atoms with E-state index in [0.29, 0.717) is 24.6 Å². The number of aliphatic hydroxyl groups excluding tert-OH is 1. The summed E-state index contributed by atoms with van der Waals surface area (Å²) in [4.78, 5) is 23.8. The Bertz CT molecular complexity index is 1040. The number of amides is 1. The van der Waals surface area contributed by atoms with Crippen LogP contribution in [0.5, 0.6) is 5.75 Å². The summed E-state index contributed by atoms with van der Waals surface area (Å²) in [5.41, 5.74) is 3.07. The number of carbonyl (C=O) groups excluding carboxylic acids is 1. The first-order chi connectivity index (χ1) is 14.7. The second kappa shape index (κ2) is 8.62. The van der Waals surface area contributed by atoms with Gasteiger partial charge in [-0.2, -0.15) is 5.10 Å². The van der Waals surface area contributed by atoms with Crippen molar-refractivity contribution in [3.8, 4) is 23.0 Å². The van der Waals surface area contributed by atoms with Gasteiger partial charge in [0.05, 0.1) is 36.9 Å². The van der Waals surface area contributed by atoms with Crippen LogP contribution in [0.1, 0.15) is 41.7 Å². The lowest BCUT2D eigenvalue weighted by Crippen LogP contribution is -2.33. The van der Waals surface area contributed by atoms with E-state index in [9.17, 15) is 9.90 Å². The average Bonchev–Trinajstić information content (AvgIpc) is 3.54. The molecule has 1 N–H and O–H groups in total. The van der Waals surface area contributed by atoms with Gasteiger partial charge in [-0.15, -0.1) is 0 Å². The molecule has 1 aromatic carbocycles. The SMILES string of the molecule is CCN(CCO)C(=O)c1cnn(-c2nccc(-c3cccc(OC)c3)n2)c1C1CC1. The molecule has 0 bridgehead atoms. The fraction of sp³-hybridized carbons (Fsp3) is 0.364. The molecule has 0 radical (unpaired) electrons. The van der Waals surface area contributed by atoms with Crippen LogP contribution in [0, 0.1) is 0 Å². The zero-order valence-electron chi connectivity index (χ0n) is 17.2. The monoisotopic (exact) mass is 407 g/mol. The molecule has 1 fully saturated rings. The predicted molar refractivity (Wildman–Crippen MR) is 112 cm³/mol. The fourth-order valence-corrected chi connectivity index (χ4v) is 3.52. The zero-order valence-corrected chi connectivity index (χ0v) is 17.2. The molecule has 30 heavy (non-hydrogen) atoms. The molecular weight excluding hydrogens is 382 g/mol. The number of rotatable bonds is 8. The van der Waals surface area contributed by atoms with Gasteiger partial charge < -0.3 is 14.7 Å². The molecule has 0 saturated heterocycles. The first kappa shape index (κ1) is 20.0. The molecule has 4 rings (SSSR count). The molecule has 1 aliphatic rings. The van der Waals surface area contributed by atoms with E-state index in [4.69, 9.17) is 9.72 Å². The van der Waals surface area contributed by atoms with E-state index in [1.807, 2.05) is 37.3 Å². The molecule has 1 amide bonds. The average molecular weight is 407 g/mol. The number of methoxy groups -OCH3 is 1. The van der Waals surface area contributed by atoms with Gasteiger partial charge in [-0.25, -0.2) is 14.6 Å². The van der Waals surface area contributed by atoms with Crippen molar-refractivity contribution in [3.05, 3.63) is 54.0 Å². The van der Waals surface area contributed by atoms with Crippen LogP contribution >= 0.6 is 0 Å². The molecule has 0 unspecified atom stereocenters. The highest BCUT2D eigenvalue weighted by Gasteiger charge is 2.34. The molecule has 3 aromatic rings. The van der Waals surface area contributed by atoms with Gasteiger partial charge in [0.1, 0.15) is 5.75 Å². The summed E-state index contributed by atoms with van der Waals surface area (Å²) in [5, 5.41) is 13.7. The lowest BCUT2D eigenvalue weighted by atomic mass is 10.1. The Morgan fingerprint density at radius 1 is 1.33 bits per heavy atom. The number of benzene rings is 1. The molecule has 0 aliphatic heterocycles. The quantitative estimate of drug-likeness (QED) is 0.617. The molecular formula is C22H25N5O3. The number of nitrogens with zero attached hydrogens (tertiary/aromatic N) is 5. The lowest BCUT2D eigenvalue weighted by Gasteiger charge is -2.19. The molecule has 8 nitrogen and oxygen atoms in total. The first-order valence-corrected chi connectivity index (χ1v) is 10.1. The Labute approximate surface area is 175 Å². The minimum absolute atomic E-state index is 0.0713. The third-order valence-corrected chi connectivity index (χ3v) is 5.24. The van der Waals surface area contributed by atoms with Gasteiger partial charge in [-0.05, 0) is 38.0 Å². The summed E-state index contributed by atoms with van der Waals surface area (Å²) < 4.78 is 6.99. The normalized spacial score (nSPS) is 13.3. The van der Waals surface area contributed by atoms with Gasteiger partial charge in [0.2, 0.25) is 0 Å². The summed E-state index contributed by atoms with van der Waals surface area (Å²) in [5.74, 6) is 1.33. The maximum absolute atomic E-state index is 13.0. The number of carbonyl (C=O) groups is 1. The summed E-state index contributed by atoms with van der Waals surface area (Å²) in [7, 11) is 1.63. The van der Waals surface area contributed by atoms with Crippen LogP contribution in [0.15, 0.2) is 42.7 Å². The van der Waals surface area contributed by atoms with Crippen molar-refractivity contribution >= 4 is 5.91 Å². The Morgan fingerprint density at radius 3 is 2.87 bits per heavy atom. The number of aliphatic hydroxyl groups is 1. The second-order valence-electron chi connectivity index (χ2n) is 7.21. The fourth-order valence-electron chi connectivity index (χ4n) is 3.52. The van der Waals surface area contributed by atoms with E-state index in [1.165, 1.54) is 0 Å². The molecule has 2 aromatic heterocycles. The van der Waals surface area contributed by atoms with Crippen LogP contribution in [0.4, 0.5) is 0 Å². The van der Waals surface area contributed by atoms with Crippen LogP contribution in [-0.2, 0) is 0 Å². The molecule has 2 heterocycles. The number of hydrogen-bond acceptors (Lipinski definition) is 6. The van der Waals surface area contributed by atoms with Gasteiger partial charge in [0.15, 0.2) is 0 Å². The highest BCUT2D eigenvalue weighted by atomic mass is 16.5. The van der Waals surface area contributed by atoms with Gasteiger partial charge in [0, 0.05) is 30.8 Å². The third-order valence-electron chi connectivity index (χ3n) is 5.24. The number of hydrogen-bond donors (Lipinski definition) is 1. The summed E-state index contributed by atoms with van der Waals surface area (Å²) in [6, 6.07) is 9.51. The number of likely N-dealkylation sites (N-methyl/N-ethyl adjacent to an activating group) is 1. The smallest absolute Gasteiger partial charge is 0.257 e. The highest BCUT2D eigenvalue weighted by Crippen LogP contribution is 2.42. The molecule has 0 spiro atoms. The van der Waals surface area contributed by atoms with Gasteiger partial charge >= 0.3 is 0 Å². The van der Waals surface area contributed by atoms with Gasteiger partial charge in [-0.1, -0.05) is 12.1 Å². The molecule has 0 atom stereocenters. The van der Waals surface area contributed by atoms with Crippen molar-refractivity contribution in [1.29, 1.82) is 0 Å². The summed E-state index contributed by atoms with van der Waals surface area (Å²) >= 11 is 0. The van der Waals surface area contributed by atoms with Gasteiger partial charge in [-0.3, -0.25) is 4.79 Å². The van der Waals surface area contributed by atoms with Crippen LogP contribution in [0.25, 0.3) is 17.2 Å². The third kappa shape index (κ3) is 3.91. The summed E-state index contributed by atoms with van der Waals surface area (Å²) in [6.07, 6.45) is 5.31. The Morgan fingerprint density at radius 2 is 2.17 bits per heavy atom. The molecule has 1 aliphatic carbocycles. The maximum atomic E-state index is 13.0. The van der Waals surface area contributed by atoms with Crippen LogP contribution in [0.2, 0.25) is 0 Å². The van der Waals surface area contributed by atoms with E-state index in [1.54, 1.807) is 29.1 Å². The van der Waals surface area contributed by atoms with E-state index >= 15 is 0 Å². The van der Waals surface area contributed by atoms with E-state index in [-0.39, 0.29) is 18.4 Å². The largest absolute Gasteiger partial charge is 0.497 e.